The second-order valence-electron chi connectivity index (χ2n) is 19.8. The molecule has 44 heavy (non-hydrogen) atoms. The van der Waals surface area contributed by atoms with Crippen molar-refractivity contribution in [2.24, 2.45) is 33.5 Å². The first kappa shape index (κ1) is 39.1. The van der Waals surface area contributed by atoms with E-state index in [1.54, 1.807) is 0 Å². The second kappa shape index (κ2) is 15.7. The third-order valence-electron chi connectivity index (χ3n) is 10.1. The van der Waals surface area contributed by atoms with E-state index in [-0.39, 0.29) is 46.4 Å². The zero-order valence-electron chi connectivity index (χ0n) is 31.5. The van der Waals surface area contributed by atoms with E-state index in [0.29, 0.717) is 11.8 Å². The monoisotopic (exact) mass is 619 g/mol. The van der Waals surface area contributed by atoms with Crippen molar-refractivity contribution in [3.63, 3.8) is 0 Å². The lowest BCUT2D eigenvalue weighted by molar-refractivity contribution is -0.182. The van der Waals surface area contributed by atoms with E-state index in [9.17, 15) is 9.59 Å². The fourth-order valence-corrected chi connectivity index (χ4v) is 8.20. The van der Waals surface area contributed by atoms with Crippen molar-refractivity contribution < 1.29 is 19.1 Å². The van der Waals surface area contributed by atoms with Crippen LogP contribution < -0.4 is 0 Å². The van der Waals surface area contributed by atoms with Crippen LogP contribution in [0.25, 0.3) is 0 Å². The highest BCUT2D eigenvalue weighted by atomic mass is 16.6. The zero-order valence-corrected chi connectivity index (χ0v) is 31.5. The molecule has 0 aromatic heterocycles. The molecular weight excluding hydrogens is 544 g/mol. The molecule has 4 nitrogen and oxygen atoms in total. The molecule has 2 atom stereocenters. The van der Waals surface area contributed by atoms with Crippen molar-refractivity contribution >= 4 is 11.9 Å². The molecule has 0 bridgehead atoms. The predicted molar refractivity (Wildman–Crippen MR) is 186 cm³/mol. The van der Waals surface area contributed by atoms with Gasteiger partial charge in [-0.25, -0.2) is 0 Å². The molecule has 0 N–H and O–H groups in total. The van der Waals surface area contributed by atoms with Crippen LogP contribution in [-0.2, 0) is 19.1 Å². The van der Waals surface area contributed by atoms with Gasteiger partial charge in [-0.1, -0.05) is 122 Å². The minimum atomic E-state index is -0.474. The van der Waals surface area contributed by atoms with E-state index in [2.05, 4.69) is 83.1 Å². The van der Waals surface area contributed by atoms with Crippen LogP contribution in [0.3, 0.4) is 0 Å². The highest BCUT2D eigenvalue weighted by Crippen LogP contribution is 2.48. The number of rotatable bonds is 13. The van der Waals surface area contributed by atoms with Crippen molar-refractivity contribution in [1.82, 2.24) is 0 Å². The third kappa shape index (κ3) is 14.1. The summed E-state index contributed by atoms with van der Waals surface area (Å²) in [6, 6.07) is 0. The summed E-state index contributed by atoms with van der Waals surface area (Å²) in [4.78, 5) is 27.5. The van der Waals surface area contributed by atoms with Gasteiger partial charge in [-0.3, -0.25) is 9.59 Å². The van der Waals surface area contributed by atoms with Crippen molar-refractivity contribution in [2.45, 2.75) is 210 Å². The summed E-state index contributed by atoms with van der Waals surface area (Å²) in [6.45, 7) is 27.3. The largest absolute Gasteiger partial charge is 0.459 e. The summed E-state index contributed by atoms with van der Waals surface area (Å²) in [5.41, 5.74) is -0.551. The summed E-state index contributed by atoms with van der Waals surface area (Å²) in [6.07, 6.45) is 17.6. The van der Waals surface area contributed by atoms with Gasteiger partial charge in [-0.05, 0) is 97.7 Å². The van der Waals surface area contributed by atoms with Crippen molar-refractivity contribution in [3.05, 3.63) is 0 Å². The Balaban J connectivity index is 2.27. The summed E-state index contributed by atoms with van der Waals surface area (Å²) < 4.78 is 13.3. The smallest absolute Gasteiger partial charge is 0.306 e. The minimum Gasteiger partial charge on any atom is -0.459 e. The quantitative estimate of drug-likeness (QED) is 0.193. The van der Waals surface area contributed by atoms with Crippen LogP contribution in [0.2, 0.25) is 0 Å². The van der Waals surface area contributed by atoms with Gasteiger partial charge in [0.1, 0.15) is 11.2 Å². The summed E-state index contributed by atoms with van der Waals surface area (Å²) >= 11 is 0. The van der Waals surface area contributed by atoms with Crippen molar-refractivity contribution in [3.8, 4) is 0 Å². The Kier molecular flexibility index (Phi) is 13.9. The first-order valence-electron chi connectivity index (χ1n) is 18.5. The predicted octanol–water partition coefficient (Wildman–Crippen LogP) is 12.0. The number of carbonyl (C=O) groups excluding carboxylic acids is 2. The molecule has 0 spiro atoms. The number of hydrogen-bond donors (Lipinski definition) is 0. The number of ether oxygens (including phenoxy) is 2. The standard InChI is InChI=1S/C40H74O4/c1-35(2,3)25-27-39(29-37(7,8)9,31-19-15-13-16-20-31)43-33(41)23-24-34(42)44-40(30-38(10,11)12,28-26-36(4,5)6)32-21-17-14-18-22-32/h31-32H,13-30H2,1-12H3. The Hall–Kier alpha value is -1.06. The van der Waals surface area contributed by atoms with Gasteiger partial charge < -0.3 is 9.47 Å². The molecule has 2 saturated carbocycles. The summed E-state index contributed by atoms with van der Waals surface area (Å²) in [5.74, 6) is 0.327. The molecule has 0 saturated heterocycles. The zero-order chi connectivity index (χ0) is 33.5. The summed E-state index contributed by atoms with van der Waals surface area (Å²) in [5, 5.41) is 0. The molecule has 2 unspecified atom stereocenters. The number of esters is 2. The SMILES string of the molecule is CC(C)(C)CCC(CC(C)(C)C)(OC(=O)CCC(=O)OC(CCC(C)(C)C)(CC(C)(C)C)C1CCCCC1)C1CCCCC1. The Bertz CT molecular complexity index is 806. The van der Waals surface area contributed by atoms with E-state index in [1.807, 2.05) is 0 Å². The maximum Gasteiger partial charge on any atom is 0.306 e. The normalized spacial score (nSPS) is 20.9. The maximum atomic E-state index is 13.7. The van der Waals surface area contributed by atoms with Gasteiger partial charge in [0.2, 0.25) is 0 Å². The Labute approximate surface area is 274 Å². The topological polar surface area (TPSA) is 52.6 Å². The molecule has 0 amide bonds. The van der Waals surface area contributed by atoms with E-state index >= 15 is 0 Å². The molecule has 2 rings (SSSR count). The molecular formula is C40H74O4. The average molecular weight is 619 g/mol. The van der Waals surface area contributed by atoms with Gasteiger partial charge in [0.25, 0.3) is 0 Å². The van der Waals surface area contributed by atoms with Gasteiger partial charge in [-0.15, -0.1) is 0 Å². The lowest BCUT2D eigenvalue weighted by Gasteiger charge is -2.47. The first-order chi connectivity index (χ1) is 20.0. The van der Waals surface area contributed by atoms with E-state index in [1.165, 1.54) is 38.5 Å². The molecule has 4 heteroatoms. The molecule has 0 heterocycles. The summed E-state index contributed by atoms with van der Waals surface area (Å²) in [7, 11) is 0. The molecule has 0 aliphatic heterocycles. The van der Waals surface area contributed by atoms with Crippen LogP contribution in [0.4, 0.5) is 0 Å². The van der Waals surface area contributed by atoms with Crippen LogP contribution in [0.15, 0.2) is 0 Å². The Morgan fingerprint density at radius 2 is 0.750 bits per heavy atom. The molecule has 0 aromatic rings. The van der Waals surface area contributed by atoms with Gasteiger partial charge in [0, 0.05) is 0 Å². The number of hydrogen-bond acceptors (Lipinski definition) is 4. The molecule has 2 fully saturated rings. The van der Waals surface area contributed by atoms with Crippen LogP contribution in [0, 0.1) is 33.5 Å². The highest BCUT2D eigenvalue weighted by Gasteiger charge is 2.47. The Morgan fingerprint density at radius 3 is 1.00 bits per heavy atom. The maximum absolute atomic E-state index is 13.7. The molecule has 0 radical (unpaired) electrons. The lowest BCUT2D eigenvalue weighted by atomic mass is 9.66. The Morgan fingerprint density at radius 1 is 0.455 bits per heavy atom. The van der Waals surface area contributed by atoms with E-state index in [0.717, 1.165) is 64.2 Å². The molecule has 2 aliphatic rings. The van der Waals surface area contributed by atoms with Gasteiger partial charge in [0.05, 0.1) is 12.8 Å². The van der Waals surface area contributed by atoms with Crippen molar-refractivity contribution in [1.29, 1.82) is 0 Å². The van der Waals surface area contributed by atoms with Gasteiger partial charge in [-0.2, -0.15) is 0 Å². The van der Waals surface area contributed by atoms with Crippen LogP contribution in [-0.4, -0.2) is 23.1 Å². The molecule has 258 valence electrons. The molecule has 2 aliphatic carbocycles. The average Bonchev–Trinajstić information content (AvgIpc) is 2.88. The second-order valence-corrected chi connectivity index (χ2v) is 19.8. The highest BCUT2D eigenvalue weighted by molar-refractivity contribution is 5.78. The van der Waals surface area contributed by atoms with Crippen molar-refractivity contribution in [2.75, 3.05) is 0 Å². The van der Waals surface area contributed by atoms with E-state index < -0.39 is 11.2 Å². The van der Waals surface area contributed by atoms with E-state index in [4.69, 9.17) is 9.47 Å². The van der Waals surface area contributed by atoms with Gasteiger partial charge >= 0.3 is 11.9 Å². The van der Waals surface area contributed by atoms with Crippen LogP contribution in [0.1, 0.15) is 199 Å². The third-order valence-corrected chi connectivity index (χ3v) is 10.1. The number of carbonyl (C=O) groups is 2. The lowest BCUT2D eigenvalue weighted by Crippen LogP contribution is -2.47. The van der Waals surface area contributed by atoms with Gasteiger partial charge in [0.15, 0.2) is 0 Å². The first-order valence-corrected chi connectivity index (χ1v) is 18.5. The van der Waals surface area contributed by atoms with Crippen LogP contribution in [0.5, 0.6) is 0 Å². The fourth-order valence-electron chi connectivity index (χ4n) is 8.20. The fraction of sp³-hybridized carbons (Fsp3) is 0.950. The minimum absolute atomic E-state index is 0.0359. The van der Waals surface area contributed by atoms with Crippen LogP contribution >= 0.6 is 0 Å². The molecule has 0 aromatic carbocycles.